The summed E-state index contributed by atoms with van der Waals surface area (Å²) in [6.07, 6.45) is 1.58. The Bertz CT molecular complexity index is 248. The van der Waals surface area contributed by atoms with Crippen molar-refractivity contribution in [2.45, 2.75) is 0 Å². The van der Waals surface area contributed by atoms with Gasteiger partial charge in [-0.1, -0.05) is 6.07 Å². The lowest BCUT2D eigenvalue weighted by molar-refractivity contribution is 0.0950. The van der Waals surface area contributed by atoms with E-state index in [1.165, 1.54) is 0 Å². The maximum absolute atomic E-state index is 11.2. The lowest BCUT2D eigenvalue weighted by Crippen LogP contribution is -2.29. The molecule has 4 heteroatoms. The van der Waals surface area contributed by atoms with Crippen LogP contribution in [0.1, 0.15) is 10.5 Å². The molecule has 12 heavy (non-hydrogen) atoms. The smallest absolute Gasteiger partial charge is 0.269 e. The van der Waals surface area contributed by atoms with E-state index in [2.05, 4.69) is 10.3 Å². The van der Waals surface area contributed by atoms with Gasteiger partial charge in [-0.25, -0.2) is 0 Å². The van der Waals surface area contributed by atoms with E-state index in [9.17, 15) is 4.79 Å². The maximum Gasteiger partial charge on any atom is 0.269 e. The first kappa shape index (κ1) is 8.67. The highest BCUT2D eigenvalue weighted by Crippen LogP contribution is 1.91. The Labute approximate surface area is 70.8 Å². The number of nitrogens with one attached hydrogen (secondary N) is 1. The standard InChI is InChI=1S/C8H11N3O/c9-4-6-11-8(12)7-3-1-2-5-10-7/h1-3,5H,4,6,9H2,(H,11,12). The number of aromatic nitrogens is 1. The van der Waals surface area contributed by atoms with Crippen molar-refractivity contribution in [3.63, 3.8) is 0 Å². The van der Waals surface area contributed by atoms with Crippen LogP contribution in [-0.2, 0) is 0 Å². The molecule has 0 spiro atoms. The molecule has 0 aliphatic carbocycles. The summed E-state index contributed by atoms with van der Waals surface area (Å²) in [5, 5.41) is 2.62. The Morgan fingerprint density at radius 1 is 1.58 bits per heavy atom. The average molecular weight is 165 g/mol. The fraction of sp³-hybridized carbons (Fsp3) is 0.250. The molecule has 0 bridgehead atoms. The van der Waals surface area contributed by atoms with Crippen molar-refractivity contribution in [2.75, 3.05) is 13.1 Å². The summed E-state index contributed by atoms with van der Waals surface area (Å²) >= 11 is 0. The third kappa shape index (κ3) is 2.32. The molecule has 0 saturated heterocycles. The normalized spacial score (nSPS) is 9.42. The van der Waals surface area contributed by atoms with Gasteiger partial charge in [-0.15, -0.1) is 0 Å². The number of carbonyl (C=O) groups excluding carboxylic acids is 1. The molecule has 0 saturated carbocycles. The topological polar surface area (TPSA) is 68.0 Å². The van der Waals surface area contributed by atoms with Crippen LogP contribution >= 0.6 is 0 Å². The fourth-order valence-electron chi connectivity index (χ4n) is 0.773. The predicted octanol–water partition coefficient (Wildman–Crippen LogP) is -0.230. The van der Waals surface area contributed by atoms with E-state index in [0.29, 0.717) is 18.8 Å². The van der Waals surface area contributed by atoms with E-state index in [1.807, 2.05) is 0 Å². The van der Waals surface area contributed by atoms with Crippen LogP contribution < -0.4 is 11.1 Å². The molecule has 64 valence electrons. The van der Waals surface area contributed by atoms with Crippen molar-refractivity contribution in [1.82, 2.24) is 10.3 Å². The van der Waals surface area contributed by atoms with Crippen LogP contribution in [0.25, 0.3) is 0 Å². The second-order valence-corrected chi connectivity index (χ2v) is 2.26. The van der Waals surface area contributed by atoms with Crippen molar-refractivity contribution in [1.29, 1.82) is 0 Å². The van der Waals surface area contributed by atoms with Gasteiger partial charge in [-0.05, 0) is 12.1 Å². The van der Waals surface area contributed by atoms with Crippen LogP contribution in [0, 0.1) is 0 Å². The first-order valence-corrected chi connectivity index (χ1v) is 3.74. The lowest BCUT2D eigenvalue weighted by Gasteiger charge is -2.00. The summed E-state index contributed by atoms with van der Waals surface area (Å²) in [5.74, 6) is -0.180. The minimum absolute atomic E-state index is 0.180. The monoisotopic (exact) mass is 165 g/mol. The van der Waals surface area contributed by atoms with Crippen LogP contribution in [-0.4, -0.2) is 24.0 Å². The number of nitrogens with zero attached hydrogens (tertiary/aromatic N) is 1. The third-order valence-electron chi connectivity index (χ3n) is 1.33. The van der Waals surface area contributed by atoms with E-state index >= 15 is 0 Å². The van der Waals surface area contributed by atoms with Crippen LogP contribution in [0.4, 0.5) is 0 Å². The highest BCUT2D eigenvalue weighted by atomic mass is 16.1. The number of nitrogens with two attached hydrogens (primary N) is 1. The van der Waals surface area contributed by atoms with Crippen molar-refractivity contribution < 1.29 is 4.79 Å². The van der Waals surface area contributed by atoms with E-state index < -0.39 is 0 Å². The van der Waals surface area contributed by atoms with Crippen LogP contribution in [0.5, 0.6) is 0 Å². The molecule has 1 amide bonds. The second-order valence-electron chi connectivity index (χ2n) is 2.26. The van der Waals surface area contributed by atoms with Crippen molar-refractivity contribution >= 4 is 5.91 Å². The lowest BCUT2D eigenvalue weighted by atomic mass is 10.3. The SMILES string of the molecule is NCCNC(=O)c1ccccn1. The predicted molar refractivity (Wildman–Crippen MR) is 45.6 cm³/mol. The Kier molecular flexibility index (Phi) is 3.22. The number of amides is 1. The molecule has 0 atom stereocenters. The summed E-state index contributed by atoms with van der Waals surface area (Å²) in [7, 11) is 0. The molecule has 0 aliphatic heterocycles. The first-order valence-electron chi connectivity index (χ1n) is 3.74. The summed E-state index contributed by atoms with van der Waals surface area (Å²) in [4.78, 5) is 15.1. The molecule has 1 aromatic heterocycles. The summed E-state index contributed by atoms with van der Waals surface area (Å²) < 4.78 is 0. The van der Waals surface area contributed by atoms with Gasteiger partial charge in [0.05, 0.1) is 0 Å². The average Bonchev–Trinajstić information content (AvgIpc) is 2.15. The van der Waals surface area contributed by atoms with Gasteiger partial charge in [0, 0.05) is 19.3 Å². The Morgan fingerprint density at radius 3 is 3.00 bits per heavy atom. The Morgan fingerprint density at radius 2 is 2.42 bits per heavy atom. The molecule has 1 aromatic rings. The van der Waals surface area contributed by atoms with E-state index in [4.69, 9.17) is 5.73 Å². The highest BCUT2D eigenvalue weighted by Gasteiger charge is 2.02. The molecule has 0 unspecified atom stereocenters. The molecule has 0 radical (unpaired) electrons. The van der Waals surface area contributed by atoms with Gasteiger partial charge >= 0.3 is 0 Å². The van der Waals surface area contributed by atoms with Gasteiger partial charge in [0.25, 0.3) is 5.91 Å². The maximum atomic E-state index is 11.2. The second kappa shape index (κ2) is 4.46. The van der Waals surface area contributed by atoms with Gasteiger partial charge in [0.2, 0.25) is 0 Å². The first-order chi connectivity index (χ1) is 5.84. The Balaban J connectivity index is 2.54. The number of hydrogen-bond acceptors (Lipinski definition) is 3. The summed E-state index contributed by atoms with van der Waals surface area (Å²) in [5.41, 5.74) is 5.64. The minimum Gasteiger partial charge on any atom is -0.349 e. The zero-order valence-corrected chi connectivity index (χ0v) is 6.66. The third-order valence-corrected chi connectivity index (χ3v) is 1.33. The zero-order chi connectivity index (χ0) is 8.81. The van der Waals surface area contributed by atoms with Crippen LogP contribution in [0.15, 0.2) is 24.4 Å². The van der Waals surface area contributed by atoms with Gasteiger partial charge < -0.3 is 11.1 Å². The molecule has 3 N–H and O–H groups in total. The number of carbonyl (C=O) groups is 1. The minimum atomic E-state index is -0.180. The van der Waals surface area contributed by atoms with E-state index in [-0.39, 0.29) is 5.91 Å². The molecule has 0 aromatic carbocycles. The van der Waals surface area contributed by atoms with E-state index in [0.717, 1.165) is 0 Å². The Hall–Kier alpha value is -1.42. The molecular weight excluding hydrogens is 154 g/mol. The molecular formula is C8H11N3O. The molecule has 0 fully saturated rings. The quantitative estimate of drug-likeness (QED) is 0.650. The number of rotatable bonds is 3. The number of hydrogen-bond donors (Lipinski definition) is 2. The van der Waals surface area contributed by atoms with Gasteiger partial charge in [0.15, 0.2) is 0 Å². The summed E-state index contributed by atoms with van der Waals surface area (Å²) in [6.45, 7) is 0.925. The van der Waals surface area contributed by atoms with E-state index in [1.54, 1.807) is 24.4 Å². The molecule has 4 nitrogen and oxygen atoms in total. The van der Waals surface area contributed by atoms with Crippen molar-refractivity contribution in [3.05, 3.63) is 30.1 Å². The molecule has 1 rings (SSSR count). The molecule has 1 heterocycles. The van der Waals surface area contributed by atoms with Crippen LogP contribution in [0.2, 0.25) is 0 Å². The molecule has 0 aliphatic rings. The van der Waals surface area contributed by atoms with Crippen LogP contribution in [0.3, 0.4) is 0 Å². The number of pyridine rings is 1. The van der Waals surface area contributed by atoms with Gasteiger partial charge in [0.1, 0.15) is 5.69 Å². The largest absolute Gasteiger partial charge is 0.349 e. The van der Waals surface area contributed by atoms with Crippen molar-refractivity contribution in [2.24, 2.45) is 5.73 Å². The zero-order valence-electron chi connectivity index (χ0n) is 6.66. The summed E-state index contributed by atoms with van der Waals surface area (Å²) in [6, 6.07) is 5.19. The highest BCUT2D eigenvalue weighted by molar-refractivity contribution is 5.92. The van der Waals surface area contributed by atoms with Gasteiger partial charge in [-0.2, -0.15) is 0 Å². The van der Waals surface area contributed by atoms with Gasteiger partial charge in [-0.3, -0.25) is 9.78 Å². The van der Waals surface area contributed by atoms with Crippen molar-refractivity contribution in [3.8, 4) is 0 Å². The fourth-order valence-corrected chi connectivity index (χ4v) is 0.773.